The third-order valence-electron chi connectivity index (χ3n) is 4.42. The number of nitrogens with zero attached hydrogens (tertiary/aromatic N) is 1. The van der Waals surface area contributed by atoms with E-state index < -0.39 is 5.60 Å². The molecule has 0 aromatic heterocycles. The molecule has 132 valence electrons. The lowest BCUT2D eigenvalue weighted by Gasteiger charge is -2.28. The Kier molecular flexibility index (Phi) is 4.85. The van der Waals surface area contributed by atoms with Crippen molar-refractivity contribution >= 4 is 17.9 Å². The molecule has 1 amide bonds. The number of thioether (sulfide) groups is 1. The minimum absolute atomic E-state index is 0.238. The Hall–Kier alpha value is -1.20. The van der Waals surface area contributed by atoms with Gasteiger partial charge >= 0.3 is 6.09 Å². The minimum atomic E-state index is -0.455. The molecule has 1 aromatic rings. The second kappa shape index (κ2) is 6.60. The summed E-state index contributed by atoms with van der Waals surface area (Å²) in [5.74, 6) is 0. The van der Waals surface area contributed by atoms with Gasteiger partial charge in [-0.3, -0.25) is 0 Å². The highest BCUT2D eigenvalue weighted by molar-refractivity contribution is 8.00. The van der Waals surface area contributed by atoms with Crippen molar-refractivity contribution in [1.82, 2.24) is 4.90 Å². The van der Waals surface area contributed by atoms with E-state index in [1.165, 1.54) is 10.5 Å². The van der Waals surface area contributed by atoms with Crippen LogP contribution in [-0.4, -0.2) is 47.1 Å². The van der Waals surface area contributed by atoms with E-state index in [0.29, 0.717) is 18.3 Å². The zero-order valence-corrected chi connectivity index (χ0v) is 15.8. The summed E-state index contributed by atoms with van der Waals surface area (Å²) in [6, 6.07) is 8.57. The zero-order valence-electron chi connectivity index (χ0n) is 15.0. The number of carbonyl (C=O) groups is 1. The molecule has 2 unspecified atom stereocenters. The number of benzene rings is 1. The van der Waals surface area contributed by atoms with E-state index in [1.807, 2.05) is 32.5 Å². The van der Waals surface area contributed by atoms with E-state index in [1.54, 1.807) is 4.90 Å². The molecule has 24 heavy (non-hydrogen) atoms. The summed E-state index contributed by atoms with van der Waals surface area (Å²) in [5, 5.41) is 0.467. The third kappa shape index (κ3) is 4.25. The Morgan fingerprint density at radius 3 is 2.83 bits per heavy atom. The number of hydrogen-bond acceptors (Lipinski definition) is 4. The number of hydrogen-bond donors (Lipinski definition) is 0. The quantitative estimate of drug-likeness (QED) is 0.823. The minimum Gasteiger partial charge on any atom is -0.444 e. The molecule has 2 atom stereocenters. The van der Waals surface area contributed by atoms with E-state index in [-0.39, 0.29) is 11.7 Å². The molecule has 0 radical (unpaired) electrons. The number of likely N-dealkylation sites (tertiary alicyclic amines) is 1. The van der Waals surface area contributed by atoms with E-state index in [9.17, 15) is 4.79 Å². The fourth-order valence-corrected chi connectivity index (χ4v) is 4.39. The largest absolute Gasteiger partial charge is 0.444 e. The van der Waals surface area contributed by atoms with Crippen LogP contribution in [0.1, 0.15) is 39.7 Å². The normalized spacial score (nSPS) is 26.5. The van der Waals surface area contributed by atoms with E-state index in [0.717, 1.165) is 19.4 Å². The maximum atomic E-state index is 12.2. The van der Waals surface area contributed by atoms with Gasteiger partial charge in [0.25, 0.3) is 0 Å². The van der Waals surface area contributed by atoms with Gasteiger partial charge in [-0.1, -0.05) is 18.2 Å². The van der Waals surface area contributed by atoms with Gasteiger partial charge in [-0.25, -0.2) is 4.79 Å². The van der Waals surface area contributed by atoms with Gasteiger partial charge in [-0.15, -0.1) is 11.8 Å². The number of carbonyl (C=O) groups excluding carboxylic acids is 1. The molecule has 0 spiro atoms. The first-order chi connectivity index (χ1) is 11.2. The molecule has 1 aromatic carbocycles. The summed E-state index contributed by atoms with van der Waals surface area (Å²) in [6.45, 7) is 9.81. The van der Waals surface area contributed by atoms with Crippen LogP contribution in [0.4, 0.5) is 4.79 Å². The predicted octanol–water partition coefficient (Wildman–Crippen LogP) is 4.12. The Labute approximate surface area is 148 Å². The second-order valence-electron chi connectivity index (χ2n) is 7.96. The van der Waals surface area contributed by atoms with Crippen molar-refractivity contribution in [3.63, 3.8) is 0 Å². The van der Waals surface area contributed by atoms with Crippen LogP contribution in [0.2, 0.25) is 0 Å². The molecule has 1 fully saturated rings. The lowest BCUT2D eigenvalue weighted by atomic mass is 10.1. The van der Waals surface area contributed by atoms with Gasteiger partial charge in [0.15, 0.2) is 0 Å². The van der Waals surface area contributed by atoms with Crippen molar-refractivity contribution in [2.24, 2.45) is 0 Å². The van der Waals surface area contributed by atoms with Crippen LogP contribution in [0, 0.1) is 0 Å². The van der Waals surface area contributed by atoms with Gasteiger partial charge in [-0.2, -0.15) is 0 Å². The van der Waals surface area contributed by atoms with E-state index in [2.05, 4.69) is 31.2 Å². The van der Waals surface area contributed by atoms with Gasteiger partial charge in [0.1, 0.15) is 5.60 Å². The fourth-order valence-electron chi connectivity index (χ4n) is 3.17. The smallest absolute Gasteiger partial charge is 0.410 e. The van der Waals surface area contributed by atoms with Gasteiger partial charge in [-0.05, 0) is 52.2 Å². The molecule has 2 aliphatic heterocycles. The highest BCUT2D eigenvalue weighted by atomic mass is 32.2. The fraction of sp³-hybridized carbons (Fsp3) is 0.632. The number of ether oxygens (including phenoxy) is 2. The van der Waals surface area contributed by atoms with E-state index in [4.69, 9.17) is 9.47 Å². The van der Waals surface area contributed by atoms with Crippen LogP contribution in [0.15, 0.2) is 29.2 Å². The molecule has 1 saturated heterocycles. The summed E-state index contributed by atoms with van der Waals surface area (Å²) in [6.07, 6.45) is 1.68. The molecule has 3 rings (SSSR count). The maximum Gasteiger partial charge on any atom is 0.410 e. The Morgan fingerprint density at radius 2 is 2.12 bits per heavy atom. The molecule has 2 heterocycles. The van der Waals surface area contributed by atoms with Crippen LogP contribution < -0.4 is 0 Å². The van der Waals surface area contributed by atoms with Crippen LogP contribution in [0.3, 0.4) is 0 Å². The van der Waals surface area contributed by atoms with Crippen molar-refractivity contribution in [3.05, 3.63) is 29.8 Å². The molecule has 0 bridgehead atoms. The average molecular weight is 349 g/mol. The summed E-state index contributed by atoms with van der Waals surface area (Å²) in [7, 11) is 0. The average Bonchev–Trinajstić information content (AvgIpc) is 3.07. The van der Waals surface area contributed by atoms with Crippen LogP contribution in [0.5, 0.6) is 0 Å². The second-order valence-corrected chi connectivity index (χ2v) is 9.31. The van der Waals surface area contributed by atoms with Gasteiger partial charge in [0, 0.05) is 16.7 Å². The Morgan fingerprint density at radius 1 is 1.38 bits per heavy atom. The molecular weight excluding hydrogens is 322 g/mol. The van der Waals surface area contributed by atoms with Crippen molar-refractivity contribution < 1.29 is 14.3 Å². The standard InChI is InChI=1S/C19H27NO3S/c1-18(2,3)23-17(21)20-10-9-19(4,13-20)22-12-15-11-14-7-5-6-8-16(14)24-15/h5-8,15H,9-13H2,1-4H3. The topological polar surface area (TPSA) is 38.8 Å². The van der Waals surface area contributed by atoms with E-state index >= 15 is 0 Å². The number of amides is 1. The van der Waals surface area contributed by atoms with Gasteiger partial charge < -0.3 is 14.4 Å². The maximum absolute atomic E-state index is 12.2. The highest BCUT2D eigenvalue weighted by Crippen LogP contribution is 2.38. The first-order valence-electron chi connectivity index (χ1n) is 8.61. The molecule has 5 heteroatoms. The van der Waals surface area contributed by atoms with Crippen molar-refractivity contribution in [2.75, 3.05) is 19.7 Å². The predicted molar refractivity (Wildman–Crippen MR) is 96.6 cm³/mol. The Bertz CT molecular complexity index is 588. The third-order valence-corrected chi connectivity index (χ3v) is 5.71. The van der Waals surface area contributed by atoms with Crippen LogP contribution in [-0.2, 0) is 15.9 Å². The van der Waals surface area contributed by atoms with Crippen molar-refractivity contribution in [3.8, 4) is 0 Å². The SMILES string of the molecule is CC(C)(C)OC(=O)N1CCC(C)(OCC2Cc3ccccc3S2)C1. The van der Waals surface area contributed by atoms with Crippen molar-refractivity contribution in [1.29, 1.82) is 0 Å². The monoisotopic (exact) mass is 349 g/mol. The summed E-state index contributed by atoms with van der Waals surface area (Å²) < 4.78 is 11.7. The summed E-state index contributed by atoms with van der Waals surface area (Å²) >= 11 is 1.90. The lowest BCUT2D eigenvalue weighted by molar-refractivity contribution is -0.0261. The number of rotatable bonds is 3. The molecular formula is C19H27NO3S. The number of fused-ring (bicyclic) bond motifs is 1. The molecule has 0 saturated carbocycles. The first-order valence-corrected chi connectivity index (χ1v) is 9.49. The van der Waals surface area contributed by atoms with Crippen molar-refractivity contribution in [2.45, 2.75) is 61.9 Å². The zero-order chi connectivity index (χ0) is 17.4. The molecule has 2 aliphatic rings. The molecule has 0 aliphatic carbocycles. The lowest BCUT2D eigenvalue weighted by Crippen LogP contribution is -2.39. The van der Waals surface area contributed by atoms with Gasteiger partial charge in [0.2, 0.25) is 0 Å². The summed E-state index contributed by atoms with van der Waals surface area (Å²) in [5.41, 5.74) is 0.693. The van der Waals surface area contributed by atoms with Crippen LogP contribution >= 0.6 is 11.8 Å². The van der Waals surface area contributed by atoms with Crippen LogP contribution in [0.25, 0.3) is 0 Å². The highest BCUT2D eigenvalue weighted by Gasteiger charge is 2.39. The van der Waals surface area contributed by atoms with Gasteiger partial charge in [0.05, 0.1) is 18.8 Å². The molecule has 4 nitrogen and oxygen atoms in total. The Balaban J connectivity index is 1.49. The summed E-state index contributed by atoms with van der Waals surface area (Å²) in [4.78, 5) is 15.3. The molecule has 0 N–H and O–H groups in total. The first kappa shape index (κ1) is 17.6.